The van der Waals surface area contributed by atoms with Crippen LogP contribution >= 0.6 is 22.9 Å². The van der Waals surface area contributed by atoms with E-state index in [1.165, 1.54) is 23.5 Å². The zero-order chi connectivity index (χ0) is 22.0. The number of hydrogen-bond donors (Lipinski definition) is 2. The van der Waals surface area contributed by atoms with Crippen LogP contribution in [0.25, 0.3) is 27.0 Å². The fourth-order valence-corrected chi connectivity index (χ4v) is 4.06. The maximum atomic E-state index is 13.3. The van der Waals surface area contributed by atoms with Crippen LogP contribution in [0.15, 0.2) is 52.1 Å². The predicted octanol–water partition coefficient (Wildman–Crippen LogP) is 5.28. The van der Waals surface area contributed by atoms with E-state index in [9.17, 15) is 4.39 Å². The lowest BCUT2D eigenvalue weighted by molar-refractivity contribution is 0.399. The molecule has 0 aliphatic carbocycles. The van der Waals surface area contributed by atoms with Crippen LogP contribution in [0.2, 0.25) is 5.02 Å². The Bertz CT molecular complexity index is 1310. The Morgan fingerprint density at radius 2 is 2.19 bits per heavy atom. The van der Waals surface area contributed by atoms with Gasteiger partial charge in [-0.05, 0) is 43.7 Å². The highest BCUT2D eigenvalue weighted by Gasteiger charge is 2.10. The summed E-state index contributed by atoms with van der Waals surface area (Å²) in [5.41, 5.74) is 9.61. The fourth-order valence-electron chi connectivity index (χ4n) is 2.85. The van der Waals surface area contributed by atoms with Gasteiger partial charge in [-0.3, -0.25) is 4.98 Å². The maximum Gasteiger partial charge on any atom is 0.195 e. The largest absolute Gasteiger partial charge is 0.370 e. The van der Waals surface area contributed by atoms with Crippen LogP contribution in [0.5, 0.6) is 0 Å². The summed E-state index contributed by atoms with van der Waals surface area (Å²) in [4.78, 5) is 13.1. The van der Waals surface area contributed by atoms with Crippen LogP contribution in [0.4, 0.5) is 9.52 Å². The zero-order valence-corrected chi connectivity index (χ0v) is 18.3. The van der Waals surface area contributed by atoms with E-state index in [1.54, 1.807) is 18.3 Å². The minimum Gasteiger partial charge on any atom is -0.370 e. The number of aryl methyl sites for hydroxylation is 1. The zero-order valence-electron chi connectivity index (χ0n) is 16.7. The molecule has 7 nitrogen and oxygen atoms in total. The molecule has 0 saturated heterocycles. The topological polar surface area (TPSA) is 102 Å². The number of hydrogen-bond acceptors (Lipinski definition) is 6. The van der Waals surface area contributed by atoms with Crippen LogP contribution in [0, 0.1) is 12.7 Å². The summed E-state index contributed by atoms with van der Waals surface area (Å²) in [6, 6.07) is 8.05. The first-order chi connectivity index (χ1) is 14.9. The number of aliphatic imine (C=N–C) groups is 1. The van der Waals surface area contributed by atoms with Gasteiger partial charge in [0.05, 0.1) is 27.5 Å². The number of nitrogens with two attached hydrogens (primary N) is 1. The first kappa shape index (κ1) is 21.0. The van der Waals surface area contributed by atoms with E-state index < -0.39 is 0 Å². The second-order valence-electron chi connectivity index (χ2n) is 6.75. The molecule has 0 fully saturated rings. The van der Waals surface area contributed by atoms with E-state index >= 15 is 0 Å². The highest BCUT2D eigenvalue weighted by atomic mass is 35.5. The van der Waals surface area contributed by atoms with Crippen molar-refractivity contribution in [2.75, 3.05) is 11.9 Å². The van der Waals surface area contributed by atoms with Crippen molar-refractivity contribution in [1.82, 2.24) is 15.1 Å². The van der Waals surface area contributed by atoms with Crippen molar-refractivity contribution in [1.29, 1.82) is 0 Å². The maximum absolute atomic E-state index is 13.3. The lowest BCUT2D eigenvalue weighted by Gasteiger charge is -2.05. The van der Waals surface area contributed by atoms with Crippen LogP contribution in [0.3, 0.4) is 0 Å². The molecule has 0 spiro atoms. The van der Waals surface area contributed by atoms with E-state index in [0.717, 1.165) is 15.8 Å². The normalized spacial score (nSPS) is 12.5. The molecule has 1 aromatic carbocycles. The van der Waals surface area contributed by atoms with Crippen molar-refractivity contribution >= 4 is 49.8 Å². The number of halogens is 2. The first-order valence-electron chi connectivity index (χ1n) is 9.28. The Morgan fingerprint density at radius 1 is 1.35 bits per heavy atom. The first-order valence-corrected chi connectivity index (χ1v) is 10.5. The SMILES string of the molecule is C/C(=C\CN=C(N)Nc1nc2ccc(F)cc2s1)c1ncc(-c2cc(C)on2)cc1Cl. The molecule has 3 heterocycles. The molecule has 31 heavy (non-hydrogen) atoms. The van der Waals surface area contributed by atoms with Crippen molar-refractivity contribution in [2.45, 2.75) is 13.8 Å². The van der Waals surface area contributed by atoms with E-state index in [1.807, 2.05) is 26.0 Å². The molecule has 10 heteroatoms. The van der Waals surface area contributed by atoms with Crippen LogP contribution < -0.4 is 11.1 Å². The van der Waals surface area contributed by atoms with E-state index in [2.05, 4.69) is 25.4 Å². The fraction of sp³-hybridized carbons (Fsp3) is 0.143. The van der Waals surface area contributed by atoms with Gasteiger partial charge in [0.25, 0.3) is 0 Å². The molecule has 0 unspecified atom stereocenters. The molecule has 3 aromatic heterocycles. The van der Waals surface area contributed by atoms with Crippen molar-refractivity contribution in [3.05, 3.63) is 64.9 Å². The number of nitrogens with zero attached hydrogens (tertiary/aromatic N) is 4. The van der Waals surface area contributed by atoms with Gasteiger partial charge in [-0.2, -0.15) is 0 Å². The van der Waals surface area contributed by atoms with Gasteiger partial charge in [0, 0.05) is 17.8 Å². The summed E-state index contributed by atoms with van der Waals surface area (Å²) in [6.07, 6.45) is 3.57. The van der Waals surface area contributed by atoms with Crippen molar-refractivity contribution in [2.24, 2.45) is 10.7 Å². The molecule has 0 atom stereocenters. The minimum absolute atomic E-state index is 0.208. The van der Waals surface area contributed by atoms with Gasteiger partial charge in [-0.15, -0.1) is 0 Å². The third-order valence-corrected chi connectivity index (χ3v) is 5.60. The second kappa shape index (κ2) is 8.83. The number of aromatic nitrogens is 3. The summed E-state index contributed by atoms with van der Waals surface area (Å²) >= 11 is 7.71. The molecule has 0 saturated carbocycles. The summed E-state index contributed by atoms with van der Waals surface area (Å²) in [7, 11) is 0. The quantitative estimate of drug-likeness (QED) is 0.313. The number of benzene rings is 1. The number of pyridine rings is 1. The van der Waals surface area contributed by atoms with Gasteiger partial charge >= 0.3 is 0 Å². The van der Waals surface area contributed by atoms with Crippen LogP contribution in [-0.2, 0) is 0 Å². The molecule has 3 N–H and O–H groups in total. The predicted molar refractivity (Wildman–Crippen MR) is 123 cm³/mol. The van der Waals surface area contributed by atoms with Gasteiger partial charge < -0.3 is 15.6 Å². The smallest absolute Gasteiger partial charge is 0.195 e. The molecule has 4 aromatic rings. The molecule has 0 aliphatic rings. The Balaban J connectivity index is 1.43. The molecule has 4 rings (SSSR count). The van der Waals surface area contributed by atoms with Gasteiger partial charge in [-0.25, -0.2) is 14.4 Å². The van der Waals surface area contributed by atoms with Crippen molar-refractivity contribution in [3.63, 3.8) is 0 Å². The van der Waals surface area contributed by atoms with E-state index in [-0.39, 0.29) is 11.8 Å². The summed E-state index contributed by atoms with van der Waals surface area (Å²) < 4.78 is 19.1. The third-order valence-electron chi connectivity index (χ3n) is 4.38. The average Bonchev–Trinajstić information content (AvgIpc) is 3.32. The third kappa shape index (κ3) is 4.89. The van der Waals surface area contributed by atoms with Crippen LogP contribution in [-0.4, -0.2) is 27.6 Å². The summed E-state index contributed by atoms with van der Waals surface area (Å²) in [6.45, 7) is 4.05. The Morgan fingerprint density at radius 3 is 2.94 bits per heavy atom. The lowest BCUT2D eigenvalue weighted by Crippen LogP contribution is -2.22. The number of anilines is 1. The number of guanidine groups is 1. The monoisotopic (exact) mass is 456 g/mol. The summed E-state index contributed by atoms with van der Waals surface area (Å²) in [5.74, 6) is 0.620. The highest BCUT2D eigenvalue weighted by molar-refractivity contribution is 7.22. The average molecular weight is 457 g/mol. The molecule has 158 valence electrons. The Kier molecular flexibility index (Phi) is 5.97. The Hall–Kier alpha value is -3.30. The number of rotatable bonds is 5. The van der Waals surface area contributed by atoms with Gasteiger partial charge in [0.2, 0.25) is 0 Å². The number of thiazole rings is 1. The van der Waals surface area contributed by atoms with Gasteiger partial charge in [-0.1, -0.05) is 34.2 Å². The molecule has 0 amide bonds. The highest BCUT2D eigenvalue weighted by Crippen LogP contribution is 2.28. The second-order valence-corrected chi connectivity index (χ2v) is 8.18. The lowest BCUT2D eigenvalue weighted by atomic mass is 10.1. The number of fused-ring (bicyclic) bond motifs is 1. The van der Waals surface area contributed by atoms with Gasteiger partial charge in [0.1, 0.15) is 17.3 Å². The molecule has 0 aliphatic heterocycles. The summed E-state index contributed by atoms with van der Waals surface area (Å²) in [5, 5.41) is 7.95. The Labute approximate surface area is 186 Å². The minimum atomic E-state index is -0.304. The number of allylic oxidation sites excluding steroid dienone is 1. The molecular weight excluding hydrogens is 439 g/mol. The molecule has 0 radical (unpaired) electrons. The standard InChI is InChI=1S/C21H18ClFN6OS/c1-11(19-15(22)8-13(10-26-19)17-7-12(2)30-29-17)5-6-25-20(24)28-21-27-16-4-3-14(23)9-18(16)31-21/h3-5,7-10H,6H2,1-2H3,(H3,24,25,27,28)/b11-5+. The van der Waals surface area contributed by atoms with Crippen molar-refractivity contribution in [3.8, 4) is 11.3 Å². The molecule has 0 bridgehead atoms. The van der Waals surface area contributed by atoms with Crippen LogP contribution in [0.1, 0.15) is 18.4 Å². The number of nitrogens with one attached hydrogen (secondary N) is 1. The van der Waals surface area contributed by atoms with Gasteiger partial charge in [0.15, 0.2) is 11.1 Å². The van der Waals surface area contributed by atoms with Crippen molar-refractivity contribution < 1.29 is 8.91 Å². The van der Waals surface area contributed by atoms with E-state index in [0.29, 0.717) is 39.4 Å². The van der Waals surface area contributed by atoms with E-state index in [4.69, 9.17) is 21.9 Å². The molecular formula is C21H18ClFN6OS.